The molecular formula is C11H10N4O. The van der Waals surface area contributed by atoms with Gasteiger partial charge in [0.2, 0.25) is 0 Å². The Hall–Kier alpha value is -2.30. The van der Waals surface area contributed by atoms with Gasteiger partial charge in [-0.2, -0.15) is 0 Å². The molecule has 5 heteroatoms. The summed E-state index contributed by atoms with van der Waals surface area (Å²) in [5.74, 6) is -0.0579. The van der Waals surface area contributed by atoms with Crippen molar-refractivity contribution in [2.75, 3.05) is 0 Å². The van der Waals surface area contributed by atoms with Gasteiger partial charge in [-0.1, -0.05) is 6.07 Å². The molecule has 2 heterocycles. The van der Waals surface area contributed by atoms with E-state index in [1.165, 1.54) is 12.4 Å². The van der Waals surface area contributed by atoms with Gasteiger partial charge in [-0.05, 0) is 19.1 Å². The average molecular weight is 214 g/mol. The number of aryl methyl sites for hydroxylation is 1. The molecule has 2 N–H and O–H groups in total. The van der Waals surface area contributed by atoms with Crippen molar-refractivity contribution in [3.8, 4) is 11.5 Å². The van der Waals surface area contributed by atoms with E-state index in [1.54, 1.807) is 0 Å². The van der Waals surface area contributed by atoms with Gasteiger partial charge in [0.15, 0.2) is 5.82 Å². The lowest BCUT2D eigenvalue weighted by atomic mass is 10.3. The van der Waals surface area contributed by atoms with E-state index in [4.69, 9.17) is 5.73 Å². The third-order valence-electron chi connectivity index (χ3n) is 2.05. The lowest BCUT2D eigenvalue weighted by Crippen LogP contribution is -2.11. The van der Waals surface area contributed by atoms with Crippen LogP contribution in [-0.4, -0.2) is 20.9 Å². The van der Waals surface area contributed by atoms with E-state index in [1.807, 2.05) is 25.1 Å². The van der Waals surface area contributed by atoms with Crippen LogP contribution in [0.2, 0.25) is 0 Å². The van der Waals surface area contributed by atoms with E-state index in [0.717, 1.165) is 5.69 Å². The van der Waals surface area contributed by atoms with Crippen molar-refractivity contribution in [3.63, 3.8) is 0 Å². The summed E-state index contributed by atoms with van der Waals surface area (Å²) in [7, 11) is 0. The standard InChI is InChI=1S/C11H10N4O/c1-7-3-2-4-9(15-7)11-13-5-8(6-14-11)10(12)16/h2-6H,1H3,(H2,12,16). The topological polar surface area (TPSA) is 81.8 Å². The number of pyridine rings is 1. The van der Waals surface area contributed by atoms with Gasteiger partial charge in [-0.15, -0.1) is 0 Å². The second kappa shape index (κ2) is 4.06. The van der Waals surface area contributed by atoms with Crippen molar-refractivity contribution in [1.29, 1.82) is 0 Å². The highest BCUT2D eigenvalue weighted by Gasteiger charge is 2.05. The van der Waals surface area contributed by atoms with Crippen LogP contribution in [0.4, 0.5) is 0 Å². The van der Waals surface area contributed by atoms with Gasteiger partial charge in [-0.25, -0.2) is 15.0 Å². The van der Waals surface area contributed by atoms with Crippen LogP contribution in [0.25, 0.3) is 11.5 Å². The molecule has 5 nitrogen and oxygen atoms in total. The van der Waals surface area contributed by atoms with Crippen LogP contribution >= 0.6 is 0 Å². The molecule has 0 aromatic carbocycles. The fraction of sp³-hybridized carbons (Fsp3) is 0.0909. The second-order valence-electron chi connectivity index (χ2n) is 3.32. The van der Waals surface area contributed by atoms with Crippen LogP contribution in [0.1, 0.15) is 16.1 Å². The van der Waals surface area contributed by atoms with Crippen molar-refractivity contribution >= 4 is 5.91 Å². The van der Waals surface area contributed by atoms with Crippen molar-refractivity contribution in [2.45, 2.75) is 6.92 Å². The largest absolute Gasteiger partial charge is 0.366 e. The van der Waals surface area contributed by atoms with E-state index in [-0.39, 0.29) is 5.56 Å². The molecule has 0 aliphatic carbocycles. The molecular weight excluding hydrogens is 204 g/mol. The number of hydrogen-bond donors (Lipinski definition) is 1. The summed E-state index contributed by atoms with van der Waals surface area (Å²) in [6, 6.07) is 5.58. The highest BCUT2D eigenvalue weighted by molar-refractivity contribution is 5.92. The zero-order valence-electron chi connectivity index (χ0n) is 8.71. The molecule has 0 saturated heterocycles. The maximum atomic E-state index is 10.8. The van der Waals surface area contributed by atoms with Crippen LogP contribution in [0.3, 0.4) is 0 Å². The van der Waals surface area contributed by atoms with Gasteiger partial charge >= 0.3 is 0 Å². The minimum absolute atomic E-state index is 0.288. The number of rotatable bonds is 2. The normalized spacial score (nSPS) is 10.1. The fourth-order valence-electron chi connectivity index (χ4n) is 1.26. The third kappa shape index (κ3) is 2.03. The first-order chi connectivity index (χ1) is 7.66. The number of primary amides is 1. The first-order valence-corrected chi connectivity index (χ1v) is 4.72. The number of nitrogens with zero attached hydrogens (tertiary/aromatic N) is 3. The first kappa shape index (κ1) is 10.2. The summed E-state index contributed by atoms with van der Waals surface area (Å²) in [6.45, 7) is 1.89. The Labute approximate surface area is 92.4 Å². The number of hydrogen-bond acceptors (Lipinski definition) is 4. The molecule has 0 fully saturated rings. The smallest absolute Gasteiger partial charge is 0.251 e. The number of carbonyl (C=O) groups is 1. The molecule has 2 rings (SSSR count). The van der Waals surface area contributed by atoms with E-state index < -0.39 is 5.91 Å². The average Bonchev–Trinajstić information content (AvgIpc) is 2.29. The summed E-state index contributed by atoms with van der Waals surface area (Å²) >= 11 is 0. The molecule has 0 radical (unpaired) electrons. The molecule has 0 unspecified atom stereocenters. The Morgan fingerprint density at radius 1 is 1.25 bits per heavy atom. The summed E-state index contributed by atoms with van der Waals surface area (Å²) in [5.41, 5.74) is 6.95. The predicted molar refractivity (Wildman–Crippen MR) is 58.5 cm³/mol. The van der Waals surface area contributed by atoms with Crippen molar-refractivity contribution in [3.05, 3.63) is 41.9 Å². The van der Waals surface area contributed by atoms with Crippen molar-refractivity contribution < 1.29 is 4.79 Å². The number of aromatic nitrogens is 3. The first-order valence-electron chi connectivity index (χ1n) is 4.72. The Kier molecular flexibility index (Phi) is 2.59. The minimum atomic E-state index is -0.538. The third-order valence-corrected chi connectivity index (χ3v) is 2.05. The van der Waals surface area contributed by atoms with Crippen molar-refractivity contribution in [2.24, 2.45) is 5.73 Å². The molecule has 0 spiro atoms. The van der Waals surface area contributed by atoms with Crippen molar-refractivity contribution in [1.82, 2.24) is 15.0 Å². The molecule has 0 aliphatic rings. The van der Waals surface area contributed by atoms with Gasteiger partial charge in [0, 0.05) is 18.1 Å². The summed E-state index contributed by atoms with van der Waals surface area (Å²) in [5, 5.41) is 0. The van der Waals surface area contributed by atoms with E-state index in [0.29, 0.717) is 11.5 Å². The highest BCUT2D eigenvalue weighted by Crippen LogP contribution is 2.11. The number of nitrogens with two attached hydrogens (primary N) is 1. The second-order valence-corrected chi connectivity index (χ2v) is 3.32. The van der Waals surface area contributed by atoms with Crippen LogP contribution < -0.4 is 5.73 Å². The Morgan fingerprint density at radius 2 is 1.94 bits per heavy atom. The van der Waals surface area contributed by atoms with E-state index >= 15 is 0 Å². The Balaban J connectivity index is 2.38. The Bertz CT molecular complexity index is 522. The zero-order chi connectivity index (χ0) is 11.5. The zero-order valence-corrected chi connectivity index (χ0v) is 8.71. The maximum absolute atomic E-state index is 10.8. The van der Waals surface area contributed by atoms with Gasteiger partial charge in [0.1, 0.15) is 5.69 Å². The monoisotopic (exact) mass is 214 g/mol. The van der Waals surface area contributed by atoms with Crippen LogP contribution in [0.15, 0.2) is 30.6 Å². The number of carbonyl (C=O) groups excluding carboxylic acids is 1. The maximum Gasteiger partial charge on any atom is 0.251 e. The minimum Gasteiger partial charge on any atom is -0.366 e. The lowest BCUT2D eigenvalue weighted by Gasteiger charge is -2.00. The summed E-state index contributed by atoms with van der Waals surface area (Å²) in [6.07, 6.45) is 2.80. The molecule has 0 saturated carbocycles. The predicted octanol–water partition coefficient (Wildman–Crippen LogP) is 0.946. The lowest BCUT2D eigenvalue weighted by molar-refractivity contribution is 0.0999. The molecule has 1 amide bonds. The Morgan fingerprint density at radius 3 is 2.50 bits per heavy atom. The van der Waals surface area contributed by atoms with Gasteiger partial charge in [0.05, 0.1) is 5.56 Å². The highest BCUT2D eigenvalue weighted by atomic mass is 16.1. The van der Waals surface area contributed by atoms with Gasteiger partial charge in [-0.3, -0.25) is 4.79 Å². The molecule has 80 valence electrons. The van der Waals surface area contributed by atoms with Gasteiger partial charge < -0.3 is 5.73 Å². The quantitative estimate of drug-likeness (QED) is 0.806. The molecule has 0 atom stereocenters. The summed E-state index contributed by atoms with van der Waals surface area (Å²) < 4.78 is 0. The molecule has 0 aliphatic heterocycles. The number of amides is 1. The van der Waals surface area contributed by atoms with Crippen LogP contribution in [-0.2, 0) is 0 Å². The molecule has 2 aromatic rings. The van der Waals surface area contributed by atoms with E-state index in [9.17, 15) is 4.79 Å². The molecule has 16 heavy (non-hydrogen) atoms. The summed E-state index contributed by atoms with van der Waals surface area (Å²) in [4.78, 5) is 23.2. The van der Waals surface area contributed by atoms with E-state index in [2.05, 4.69) is 15.0 Å². The molecule has 2 aromatic heterocycles. The van der Waals surface area contributed by atoms with Crippen LogP contribution in [0, 0.1) is 6.92 Å². The molecule has 0 bridgehead atoms. The van der Waals surface area contributed by atoms with Crippen LogP contribution in [0.5, 0.6) is 0 Å². The fourth-order valence-corrected chi connectivity index (χ4v) is 1.26. The SMILES string of the molecule is Cc1cccc(-c2ncc(C(N)=O)cn2)n1. The van der Waals surface area contributed by atoms with Gasteiger partial charge in [0.25, 0.3) is 5.91 Å².